The van der Waals surface area contributed by atoms with Gasteiger partial charge in [-0.3, -0.25) is 4.79 Å². The van der Waals surface area contributed by atoms with Gasteiger partial charge in [0.2, 0.25) is 5.91 Å². The van der Waals surface area contributed by atoms with Crippen LogP contribution in [0.1, 0.15) is 18.4 Å². The van der Waals surface area contributed by atoms with E-state index in [1.807, 2.05) is 6.07 Å². The third-order valence-corrected chi connectivity index (χ3v) is 1.91. The number of rotatable bonds is 4. The maximum absolute atomic E-state index is 11.3. The lowest BCUT2D eigenvalue weighted by molar-refractivity contribution is -0.116. The van der Waals surface area contributed by atoms with Crippen LogP contribution in [0.25, 0.3) is 0 Å². The van der Waals surface area contributed by atoms with Gasteiger partial charge in [-0.05, 0) is 37.2 Å². The second kappa shape index (κ2) is 5.78. The normalized spacial score (nSPS) is 9.33. The number of anilines is 1. The molecule has 0 aliphatic rings. The molecule has 15 heavy (non-hydrogen) atoms. The topological polar surface area (TPSA) is 78.9 Å². The molecule has 0 bridgehead atoms. The molecule has 0 aromatic heterocycles. The zero-order valence-electron chi connectivity index (χ0n) is 8.36. The van der Waals surface area contributed by atoms with E-state index < -0.39 is 0 Å². The molecule has 3 N–H and O–H groups in total. The summed E-state index contributed by atoms with van der Waals surface area (Å²) in [6.07, 6.45) is 1.11. The highest BCUT2D eigenvalue weighted by Crippen LogP contribution is 2.09. The molecule has 78 valence electrons. The highest BCUT2D eigenvalue weighted by Gasteiger charge is 2.00. The molecule has 0 unspecified atom stereocenters. The average Bonchev–Trinajstić information content (AvgIpc) is 2.27. The zero-order valence-corrected chi connectivity index (χ0v) is 8.36. The summed E-state index contributed by atoms with van der Waals surface area (Å²) in [6, 6.07) is 8.76. The van der Waals surface area contributed by atoms with Crippen molar-refractivity contribution in [1.82, 2.24) is 0 Å². The highest BCUT2D eigenvalue weighted by atomic mass is 16.1. The Kier molecular flexibility index (Phi) is 4.32. The number of nitriles is 1. The predicted octanol–water partition coefficient (Wildman–Crippen LogP) is 1.24. The first-order chi connectivity index (χ1) is 7.26. The Hall–Kier alpha value is -1.86. The first-order valence-corrected chi connectivity index (χ1v) is 4.76. The lowest BCUT2D eigenvalue weighted by Crippen LogP contribution is -2.13. The first kappa shape index (κ1) is 11.2. The third-order valence-electron chi connectivity index (χ3n) is 1.91. The molecule has 0 saturated heterocycles. The summed E-state index contributed by atoms with van der Waals surface area (Å²) in [6.45, 7) is 0.515. The van der Waals surface area contributed by atoms with E-state index in [2.05, 4.69) is 5.32 Å². The van der Waals surface area contributed by atoms with Gasteiger partial charge in [0, 0.05) is 12.1 Å². The van der Waals surface area contributed by atoms with Gasteiger partial charge < -0.3 is 11.1 Å². The second-order valence-electron chi connectivity index (χ2n) is 3.13. The van der Waals surface area contributed by atoms with Gasteiger partial charge in [0.25, 0.3) is 0 Å². The largest absolute Gasteiger partial charge is 0.330 e. The molecule has 1 aromatic carbocycles. The number of hydrogen-bond donors (Lipinski definition) is 2. The van der Waals surface area contributed by atoms with Crippen LogP contribution in [0, 0.1) is 11.3 Å². The van der Waals surface area contributed by atoms with Crippen molar-refractivity contribution in [3.8, 4) is 6.07 Å². The van der Waals surface area contributed by atoms with E-state index in [-0.39, 0.29) is 5.91 Å². The van der Waals surface area contributed by atoms with Crippen LogP contribution in [0.2, 0.25) is 0 Å². The molecule has 0 fully saturated rings. The number of hydrogen-bond acceptors (Lipinski definition) is 3. The Morgan fingerprint density at radius 2 is 2.07 bits per heavy atom. The van der Waals surface area contributed by atoms with Crippen molar-refractivity contribution in [3.05, 3.63) is 29.8 Å². The van der Waals surface area contributed by atoms with Crippen molar-refractivity contribution < 1.29 is 4.79 Å². The summed E-state index contributed by atoms with van der Waals surface area (Å²) < 4.78 is 0. The monoisotopic (exact) mass is 203 g/mol. The lowest BCUT2D eigenvalue weighted by Gasteiger charge is -2.03. The number of carbonyl (C=O) groups is 1. The Morgan fingerprint density at radius 1 is 1.40 bits per heavy atom. The summed E-state index contributed by atoms with van der Waals surface area (Å²) >= 11 is 0. The van der Waals surface area contributed by atoms with Gasteiger partial charge in [-0.15, -0.1) is 0 Å². The van der Waals surface area contributed by atoms with Gasteiger partial charge in [-0.1, -0.05) is 0 Å². The number of nitrogens with one attached hydrogen (secondary N) is 1. The summed E-state index contributed by atoms with van der Waals surface area (Å²) in [4.78, 5) is 11.3. The number of carbonyl (C=O) groups excluding carboxylic acids is 1. The number of nitrogens with zero attached hydrogens (tertiary/aromatic N) is 1. The van der Waals surface area contributed by atoms with Crippen LogP contribution in [-0.4, -0.2) is 12.5 Å². The fourth-order valence-electron chi connectivity index (χ4n) is 1.11. The lowest BCUT2D eigenvalue weighted by atomic mass is 10.2. The minimum atomic E-state index is -0.0508. The molecular formula is C11H13N3O. The first-order valence-electron chi connectivity index (χ1n) is 4.76. The average molecular weight is 203 g/mol. The van der Waals surface area contributed by atoms with Crippen LogP contribution in [0.3, 0.4) is 0 Å². The standard InChI is InChI=1S/C11H13N3O/c12-7-1-2-11(15)14-10-5-3-9(8-13)4-6-10/h3-6H,1-2,7,12H2,(H,14,15). The summed E-state index contributed by atoms with van der Waals surface area (Å²) in [5.41, 5.74) is 6.58. The molecule has 1 aromatic rings. The maximum Gasteiger partial charge on any atom is 0.224 e. The molecule has 0 spiro atoms. The molecule has 0 heterocycles. The summed E-state index contributed by atoms with van der Waals surface area (Å²) in [5, 5.41) is 11.3. The van der Waals surface area contributed by atoms with Gasteiger partial charge >= 0.3 is 0 Å². The molecule has 0 aliphatic carbocycles. The molecule has 0 aliphatic heterocycles. The minimum absolute atomic E-state index is 0.0508. The fourth-order valence-corrected chi connectivity index (χ4v) is 1.11. The van der Waals surface area contributed by atoms with Crippen LogP contribution in [0.5, 0.6) is 0 Å². The molecule has 0 atom stereocenters. The summed E-state index contributed by atoms with van der Waals surface area (Å²) in [5.74, 6) is -0.0508. The molecular weight excluding hydrogens is 190 g/mol. The van der Waals surface area contributed by atoms with Crippen molar-refractivity contribution in [1.29, 1.82) is 5.26 Å². The van der Waals surface area contributed by atoms with Gasteiger partial charge in [0.15, 0.2) is 0 Å². The van der Waals surface area contributed by atoms with Gasteiger partial charge in [0.05, 0.1) is 11.6 Å². The molecule has 4 heteroatoms. The number of benzene rings is 1. The van der Waals surface area contributed by atoms with Crippen molar-refractivity contribution >= 4 is 11.6 Å². The van der Waals surface area contributed by atoms with Crippen molar-refractivity contribution in [2.24, 2.45) is 5.73 Å². The Morgan fingerprint density at radius 3 is 2.60 bits per heavy atom. The third kappa shape index (κ3) is 3.79. The Balaban J connectivity index is 2.50. The van der Waals surface area contributed by atoms with Crippen LogP contribution in [0.15, 0.2) is 24.3 Å². The summed E-state index contributed by atoms with van der Waals surface area (Å²) in [7, 11) is 0. The van der Waals surface area contributed by atoms with E-state index in [1.165, 1.54) is 0 Å². The maximum atomic E-state index is 11.3. The smallest absolute Gasteiger partial charge is 0.224 e. The van der Waals surface area contributed by atoms with Crippen molar-refractivity contribution in [2.45, 2.75) is 12.8 Å². The number of nitrogens with two attached hydrogens (primary N) is 1. The van der Waals surface area contributed by atoms with E-state index in [1.54, 1.807) is 24.3 Å². The van der Waals surface area contributed by atoms with Crippen molar-refractivity contribution in [2.75, 3.05) is 11.9 Å². The Labute approximate surface area is 88.7 Å². The van der Waals surface area contributed by atoms with E-state index in [9.17, 15) is 4.79 Å². The number of amides is 1. The highest BCUT2D eigenvalue weighted by molar-refractivity contribution is 5.90. The quantitative estimate of drug-likeness (QED) is 0.772. The van der Waals surface area contributed by atoms with E-state index in [0.29, 0.717) is 30.6 Å². The molecule has 1 rings (SSSR count). The van der Waals surface area contributed by atoms with Gasteiger partial charge in [0.1, 0.15) is 0 Å². The van der Waals surface area contributed by atoms with Crippen LogP contribution in [-0.2, 0) is 4.79 Å². The molecule has 4 nitrogen and oxygen atoms in total. The van der Waals surface area contributed by atoms with E-state index in [4.69, 9.17) is 11.0 Å². The molecule has 0 saturated carbocycles. The fraction of sp³-hybridized carbons (Fsp3) is 0.273. The zero-order chi connectivity index (χ0) is 11.1. The SMILES string of the molecule is N#Cc1ccc(NC(=O)CCCN)cc1. The predicted molar refractivity (Wildman–Crippen MR) is 58.1 cm³/mol. The van der Waals surface area contributed by atoms with Crippen LogP contribution in [0.4, 0.5) is 5.69 Å². The van der Waals surface area contributed by atoms with Crippen LogP contribution < -0.4 is 11.1 Å². The van der Waals surface area contributed by atoms with Crippen molar-refractivity contribution in [3.63, 3.8) is 0 Å². The van der Waals surface area contributed by atoms with Gasteiger partial charge in [-0.2, -0.15) is 5.26 Å². The van der Waals surface area contributed by atoms with Gasteiger partial charge in [-0.25, -0.2) is 0 Å². The molecule has 0 radical (unpaired) electrons. The van der Waals surface area contributed by atoms with Crippen LogP contribution >= 0.6 is 0 Å². The Bertz CT molecular complexity index is 364. The van der Waals surface area contributed by atoms with E-state index in [0.717, 1.165) is 0 Å². The minimum Gasteiger partial charge on any atom is -0.330 e. The van der Waals surface area contributed by atoms with E-state index >= 15 is 0 Å². The molecule has 1 amide bonds. The second-order valence-corrected chi connectivity index (χ2v) is 3.13.